The van der Waals surface area contributed by atoms with Crippen LogP contribution in [0.3, 0.4) is 0 Å². The molecule has 0 fully saturated rings. The third kappa shape index (κ3) is 3.30. The summed E-state index contributed by atoms with van der Waals surface area (Å²) in [6.07, 6.45) is -8.35. The Hall–Kier alpha value is -0.561. The van der Waals surface area contributed by atoms with Crippen molar-refractivity contribution in [2.24, 2.45) is 0 Å². The first kappa shape index (κ1) is 15.9. The maximum atomic E-state index is 12.0. The monoisotopic (exact) mass is 271 g/mol. The fourth-order valence-electron chi connectivity index (χ4n) is 0.414. The zero-order chi connectivity index (χ0) is 10.8. The number of carbonyl (C=O) groups is 2. The van der Waals surface area contributed by atoms with Crippen LogP contribution in [0.1, 0.15) is 0 Å². The van der Waals surface area contributed by atoms with Gasteiger partial charge in [0.05, 0.1) is 0 Å². The molecule has 0 rings (SSSR count). The largest absolute Gasteiger partial charge is 0.374 e. The fourth-order valence-corrected chi connectivity index (χ4v) is 0.414. The Labute approximate surface area is 84.1 Å². The zero-order valence-corrected chi connectivity index (χ0v) is 6.98. The van der Waals surface area contributed by atoms with E-state index in [1.165, 1.54) is 0 Å². The molecule has 0 saturated carbocycles. The molecule has 0 aliphatic rings. The molecule has 1 atom stereocenters. The van der Waals surface area contributed by atoms with Gasteiger partial charge < -0.3 is 0 Å². The van der Waals surface area contributed by atoms with E-state index in [9.17, 15) is 35.9 Å². The average molecular weight is 272 g/mol. The van der Waals surface area contributed by atoms with Crippen LogP contribution in [0.15, 0.2) is 0 Å². The average Bonchev–Trinajstić information content (AvgIpc) is 2.01. The quantitative estimate of drug-likeness (QED) is 0.334. The van der Waals surface area contributed by atoms with Gasteiger partial charge in [-0.05, 0) is 0 Å². The summed E-state index contributed by atoms with van der Waals surface area (Å²) in [5.41, 5.74) is 0. The van der Waals surface area contributed by atoms with Crippen molar-refractivity contribution in [3.63, 3.8) is 0 Å². The maximum Gasteiger partial charge on any atom is 0.374 e. The van der Waals surface area contributed by atoms with Crippen molar-refractivity contribution in [1.29, 1.82) is 0 Å². The van der Waals surface area contributed by atoms with E-state index in [1.54, 1.807) is 0 Å². The van der Waals surface area contributed by atoms with E-state index in [0.717, 1.165) is 0 Å². The Balaban J connectivity index is 0. The van der Waals surface area contributed by atoms with E-state index in [4.69, 9.17) is 0 Å². The first-order chi connectivity index (χ1) is 5.71. The number of alkyl halides is 5. The molecule has 1 unspecified atom stereocenters. The minimum Gasteiger partial charge on any atom is -0.281 e. The number of rotatable bonds is 4. The molecule has 0 bridgehead atoms. The van der Waals surface area contributed by atoms with Crippen LogP contribution in [0.5, 0.6) is 0 Å². The summed E-state index contributed by atoms with van der Waals surface area (Å²) >= 11 is 0. The minimum absolute atomic E-state index is 0. The standard InChI is InChI=1S/C5H2F6O2.Cu/c6-1(3(7)8)5(10,11)2(12)4(9)13;/h1,3H;. The minimum atomic E-state index is -5.32. The molecule has 0 N–H and O–H groups in total. The van der Waals surface area contributed by atoms with Crippen LogP contribution in [0.4, 0.5) is 26.3 Å². The van der Waals surface area contributed by atoms with Gasteiger partial charge in [-0.1, -0.05) is 0 Å². The van der Waals surface area contributed by atoms with Gasteiger partial charge in [0.2, 0.25) is 6.17 Å². The number of ketones is 1. The number of halogens is 6. The van der Waals surface area contributed by atoms with Crippen LogP contribution in [-0.4, -0.2) is 30.3 Å². The molecule has 9 heteroatoms. The van der Waals surface area contributed by atoms with Gasteiger partial charge in [0.25, 0.3) is 6.43 Å². The summed E-state index contributed by atoms with van der Waals surface area (Å²) < 4.78 is 69.9. The van der Waals surface area contributed by atoms with Crippen LogP contribution >= 0.6 is 0 Å². The second-order valence-electron chi connectivity index (χ2n) is 1.96. The van der Waals surface area contributed by atoms with Crippen molar-refractivity contribution in [2.45, 2.75) is 18.5 Å². The molecule has 87 valence electrons. The van der Waals surface area contributed by atoms with E-state index in [0.29, 0.717) is 0 Å². The van der Waals surface area contributed by atoms with Crippen LogP contribution < -0.4 is 0 Å². The van der Waals surface area contributed by atoms with Gasteiger partial charge in [0, 0.05) is 17.1 Å². The Morgan fingerprint density at radius 1 is 1.07 bits per heavy atom. The molecular formula is C5H2CuF6O2. The van der Waals surface area contributed by atoms with Crippen molar-refractivity contribution in [2.75, 3.05) is 0 Å². The van der Waals surface area contributed by atoms with Crippen molar-refractivity contribution < 1.29 is 53.0 Å². The van der Waals surface area contributed by atoms with Crippen molar-refractivity contribution in [3.05, 3.63) is 0 Å². The Morgan fingerprint density at radius 3 is 1.64 bits per heavy atom. The van der Waals surface area contributed by atoms with Gasteiger partial charge in [0.15, 0.2) is 0 Å². The van der Waals surface area contributed by atoms with Crippen LogP contribution in [0, 0.1) is 0 Å². The summed E-state index contributed by atoms with van der Waals surface area (Å²) in [4.78, 5) is 19.3. The summed E-state index contributed by atoms with van der Waals surface area (Å²) in [7, 11) is 0. The molecular weight excluding hydrogens is 270 g/mol. The predicted molar refractivity (Wildman–Crippen MR) is 27.0 cm³/mol. The normalized spacial score (nSPS) is 13.4. The summed E-state index contributed by atoms with van der Waals surface area (Å²) in [6.45, 7) is 0. The van der Waals surface area contributed by atoms with Crippen molar-refractivity contribution in [3.8, 4) is 0 Å². The first-order valence-electron chi connectivity index (χ1n) is 2.75. The number of Topliss-reactive ketones (excluding diaryl/α,β-unsaturated/α-hetero) is 1. The smallest absolute Gasteiger partial charge is 0.281 e. The van der Waals surface area contributed by atoms with Crippen LogP contribution in [0.2, 0.25) is 0 Å². The van der Waals surface area contributed by atoms with Crippen molar-refractivity contribution >= 4 is 11.8 Å². The molecule has 0 aromatic carbocycles. The molecule has 0 heterocycles. The van der Waals surface area contributed by atoms with Gasteiger partial charge in [-0.25, -0.2) is 13.2 Å². The molecule has 0 aliphatic heterocycles. The van der Waals surface area contributed by atoms with E-state index in [1.807, 2.05) is 0 Å². The van der Waals surface area contributed by atoms with Crippen LogP contribution in [-0.2, 0) is 26.7 Å². The van der Waals surface area contributed by atoms with Gasteiger partial charge in [-0.15, -0.1) is 0 Å². The summed E-state index contributed by atoms with van der Waals surface area (Å²) in [5.74, 6) is -8.43. The zero-order valence-electron chi connectivity index (χ0n) is 6.04. The number of hydrogen-bond donors (Lipinski definition) is 0. The third-order valence-electron chi connectivity index (χ3n) is 1.05. The summed E-state index contributed by atoms with van der Waals surface area (Å²) in [6, 6.07) is -3.16. The SMILES string of the molecule is O=C(F)C(=O)C(F)(F)C(F)C(F)F.[Cu]. The first-order valence-corrected chi connectivity index (χ1v) is 2.75. The molecule has 2 nitrogen and oxygen atoms in total. The van der Waals surface area contributed by atoms with Gasteiger partial charge >= 0.3 is 17.7 Å². The van der Waals surface area contributed by atoms with E-state index >= 15 is 0 Å². The van der Waals surface area contributed by atoms with Gasteiger partial charge in [-0.3, -0.25) is 9.59 Å². The van der Waals surface area contributed by atoms with E-state index in [-0.39, 0.29) is 17.1 Å². The Bertz CT molecular complexity index is 230. The fraction of sp³-hybridized carbons (Fsp3) is 0.600. The summed E-state index contributed by atoms with van der Waals surface area (Å²) in [5, 5.41) is 0. The van der Waals surface area contributed by atoms with Gasteiger partial charge in [-0.2, -0.15) is 13.2 Å². The maximum absolute atomic E-state index is 12.0. The molecule has 0 saturated heterocycles. The van der Waals surface area contributed by atoms with E-state index < -0.39 is 30.3 Å². The molecule has 0 spiro atoms. The predicted octanol–water partition coefficient (Wildman–Crippen LogP) is 1.29. The molecule has 1 radical (unpaired) electrons. The third-order valence-corrected chi connectivity index (χ3v) is 1.05. The Kier molecular flexibility index (Phi) is 6.08. The molecule has 0 aromatic heterocycles. The molecule has 0 amide bonds. The number of hydrogen-bond acceptors (Lipinski definition) is 2. The Morgan fingerprint density at radius 2 is 1.43 bits per heavy atom. The van der Waals surface area contributed by atoms with Crippen LogP contribution in [0.25, 0.3) is 0 Å². The second-order valence-corrected chi connectivity index (χ2v) is 1.96. The second kappa shape index (κ2) is 5.35. The molecule has 14 heavy (non-hydrogen) atoms. The van der Waals surface area contributed by atoms with Gasteiger partial charge in [0.1, 0.15) is 0 Å². The van der Waals surface area contributed by atoms with E-state index in [2.05, 4.69) is 0 Å². The van der Waals surface area contributed by atoms with Crippen molar-refractivity contribution in [1.82, 2.24) is 0 Å². The molecule has 0 aromatic rings. The number of carbonyl (C=O) groups excluding carboxylic acids is 2. The topological polar surface area (TPSA) is 34.1 Å². The molecule has 0 aliphatic carbocycles.